The molecule has 1 fully saturated rings. The third kappa shape index (κ3) is 5.19. The fourth-order valence-electron chi connectivity index (χ4n) is 2.47. The third-order valence-electron chi connectivity index (χ3n) is 4.09. The van der Waals surface area contributed by atoms with Crippen LogP contribution in [0.3, 0.4) is 0 Å². The summed E-state index contributed by atoms with van der Waals surface area (Å²) in [6.07, 6.45) is 0. The lowest BCUT2D eigenvalue weighted by Gasteiger charge is -2.35. The molecule has 6 nitrogen and oxygen atoms in total. The molecule has 1 saturated heterocycles. The van der Waals surface area contributed by atoms with E-state index in [1.54, 1.807) is 54.8 Å². The highest BCUT2D eigenvalue weighted by Gasteiger charge is 2.26. The second kappa shape index (κ2) is 7.87. The highest BCUT2D eigenvalue weighted by Crippen LogP contribution is 2.14. The predicted molar refractivity (Wildman–Crippen MR) is 96.4 cm³/mol. The highest BCUT2D eigenvalue weighted by atomic mass is 35.5. The fraction of sp³-hybridized carbons (Fsp3) is 0.500. The Balaban J connectivity index is 1.82. The van der Waals surface area contributed by atoms with Gasteiger partial charge in [0.2, 0.25) is 11.8 Å². The van der Waals surface area contributed by atoms with Gasteiger partial charge in [-0.25, -0.2) is 0 Å². The Labute approximate surface area is 153 Å². The lowest BCUT2D eigenvalue weighted by Crippen LogP contribution is -2.53. The minimum absolute atomic E-state index is 0.0127. The summed E-state index contributed by atoms with van der Waals surface area (Å²) >= 11 is 5.84. The van der Waals surface area contributed by atoms with Gasteiger partial charge in [0.05, 0.1) is 6.54 Å². The Morgan fingerprint density at radius 1 is 1.00 bits per heavy atom. The molecule has 0 radical (unpaired) electrons. The fourth-order valence-corrected chi connectivity index (χ4v) is 2.59. The van der Waals surface area contributed by atoms with Crippen molar-refractivity contribution in [3.8, 4) is 0 Å². The number of hydrogen-bond acceptors (Lipinski definition) is 3. The van der Waals surface area contributed by atoms with Crippen LogP contribution in [0, 0.1) is 5.41 Å². The van der Waals surface area contributed by atoms with Gasteiger partial charge in [-0.3, -0.25) is 14.4 Å². The number of benzene rings is 1. The Kier molecular flexibility index (Phi) is 6.06. The SMILES string of the molecule is CC(C)(C)C(=O)NCC(=O)N1CCN(C(=O)c2ccc(Cl)cc2)CC1. The van der Waals surface area contributed by atoms with Crippen molar-refractivity contribution in [2.75, 3.05) is 32.7 Å². The van der Waals surface area contributed by atoms with Crippen LogP contribution in [0.25, 0.3) is 0 Å². The first kappa shape index (κ1) is 19.2. The van der Waals surface area contributed by atoms with Crippen molar-refractivity contribution in [2.45, 2.75) is 20.8 Å². The van der Waals surface area contributed by atoms with Crippen LogP contribution in [0.1, 0.15) is 31.1 Å². The van der Waals surface area contributed by atoms with Gasteiger partial charge in [0, 0.05) is 42.2 Å². The Morgan fingerprint density at radius 2 is 1.52 bits per heavy atom. The number of carbonyl (C=O) groups excluding carboxylic acids is 3. The van der Waals surface area contributed by atoms with Crippen molar-refractivity contribution in [3.63, 3.8) is 0 Å². The molecule has 1 aromatic carbocycles. The number of amides is 3. The van der Waals surface area contributed by atoms with Crippen molar-refractivity contribution < 1.29 is 14.4 Å². The molecular formula is C18H24ClN3O3. The Bertz CT molecular complexity index is 645. The first-order valence-electron chi connectivity index (χ1n) is 8.29. The quantitative estimate of drug-likeness (QED) is 0.887. The summed E-state index contributed by atoms with van der Waals surface area (Å²) < 4.78 is 0. The smallest absolute Gasteiger partial charge is 0.253 e. The van der Waals surface area contributed by atoms with Gasteiger partial charge >= 0.3 is 0 Å². The highest BCUT2D eigenvalue weighted by molar-refractivity contribution is 6.30. The van der Waals surface area contributed by atoms with E-state index >= 15 is 0 Å². The number of halogens is 1. The van der Waals surface area contributed by atoms with E-state index in [9.17, 15) is 14.4 Å². The third-order valence-corrected chi connectivity index (χ3v) is 4.34. The average molecular weight is 366 g/mol. The molecule has 1 aromatic rings. The van der Waals surface area contributed by atoms with Crippen LogP contribution in [0.15, 0.2) is 24.3 Å². The Morgan fingerprint density at radius 3 is 2.04 bits per heavy atom. The molecular weight excluding hydrogens is 342 g/mol. The van der Waals surface area contributed by atoms with Crippen LogP contribution in [0.5, 0.6) is 0 Å². The van der Waals surface area contributed by atoms with Crippen molar-refractivity contribution >= 4 is 29.3 Å². The van der Waals surface area contributed by atoms with E-state index in [0.29, 0.717) is 36.8 Å². The number of nitrogens with one attached hydrogen (secondary N) is 1. The lowest BCUT2D eigenvalue weighted by atomic mass is 9.96. The number of nitrogens with zero attached hydrogens (tertiary/aromatic N) is 2. The van der Waals surface area contributed by atoms with E-state index in [4.69, 9.17) is 11.6 Å². The van der Waals surface area contributed by atoms with Crippen LogP contribution in [0.4, 0.5) is 0 Å². The van der Waals surface area contributed by atoms with E-state index < -0.39 is 5.41 Å². The van der Waals surface area contributed by atoms with Gasteiger partial charge in [0.1, 0.15) is 0 Å². The largest absolute Gasteiger partial charge is 0.347 e. The summed E-state index contributed by atoms with van der Waals surface area (Å²) in [5, 5.41) is 3.25. The van der Waals surface area contributed by atoms with Crippen molar-refractivity contribution in [2.24, 2.45) is 5.41 Å². The molecule has 0 unspecified atom stereocenters. The summed E-state index contributed by atoms with van der Waals surface area (Å²) in [7, 11) is 0. The van der Waals surface area contributed by atoms with Gasteiger partial charge in [0.25, 0.3) is 5.91 Å². The number of hydrogen-bond donors (Lipinski definition) is 1. The summed E-state index contributed by atoms with van der Waals surface area (Å²) in [4.78, 5) is 39.9. The molecule has 0 atom stereocenters. The number of rotatable bonds is 3. The van der Waals surface area contributed by atoms with E-state index in [1.807, 2.05) is 0 Å². The molecule has 1 heterocycles. The molecule has 0 aromatic heterocycles. The summed E-state index contributed by atoms with van der Waals surface area (Å²) in [6, 6.07) is 6.77. The standard InChI is InChI=1S/C18H24ClN3O3/c1-18(2,3)17(25)20-12-15(23)21-8-10-22(11-9-21)16(24)13-4-6-14(19)7-5-13/h4-7H,8-12H2,1-3H3,(H,20,25). The Hall–Kier alpha value is -2.08. The molecule has 1 N–H and O–H groups in total. The first-order valence-corrected chi connectivity index (χ1v) is 8.67. The van der Waals surface area contributed by atoms with Crippen LogP contribution in [-0.2, 0) is 9.59 Å². The monoisotopic (exact) mass is 365 g/mol. The zero-order valence-corrected chi connectivity index (χ0v) is 15.6. The van der Waals surface area contributed by atoms with Gasteiger partial charge in [-0.05, 0) is 24.3 Å². The topological polar surface area (TPSA) is 69.7 Å². The normalized spacial score (nSPS) is 15.0. The van der Waals surface area contributed by atoms with Gasteiger partial charge in [-0.2, -0.15) is 0 Å². The molecule has 2 rings (SSSR count). The van der Waals surface area contributed by atoms with E-state index in [1.165, 1.54) is 0 Å². The van der Waals surface area contributed by atoms with Crippen LogP contribution in [0.2, 0.25) is 5.02 Å². The van der Waals surface area contributed by atoms with Crippen molar-refractivity contribution in [1.82, 2.24) is 15.1 Å². The molecule has 7 heteroatoms. The summed E-state index contributed by atoms with van der Waals surface area (Å²) in [5.74, 6) is -0.349. The van der Waals surface area contributed by atoms with Gasteiger partial charge in [-0.1, -0.05) is 32.4 Å². The zero-order chi connectivity index (χ0) is 18.6. The van der Waals surface area contributed by atoms with Gasteiger partial charge < -0.3 is 15.1 Å². The maximum atomic E-state index is 12.4. The first-order chi connectivity index (χ1) is 11.7. The van der Waals surface area contributed by atoms with Gasteiger partial charge in [0.15, 0.2) is 0 Å². The maximum absolute atomic E-state index is 12.4. The van der Waals surface area contributed by atoms with E-state index in [-0.39, 0.29) is 24.3 Å². The van der Waals surface area contributed by atoms with Crippen LogP contribution in [-0.4, -0.2) is 60.2 Å². The molecule has 25 heavy (non-hydrogen) atoms. The summed E-state index contributed by atoms with van der Waals surface area (Å²) in [5.41, 5.74) is 0.0610. The summed E-state index contributed by atoms with van der Waals surface area (Å²) in [6.45, 7) is 7.25. The maximum Gasteiger partial charge on any atom is 0.253 e. The van der Waals surface area contributed by atoms with Gasteiger partial charge in [-0.15, -0.1) is 0 Å². The predicted octanol–water partition coefficient (Wildman–Crippen LogP) is 1.79. The van der Waals surface area contributed by atoms with E-state index in [2.05, 4.69) is 5.32 Å². The molecule has 0 aliphatic carbocycles. The molecule has 1 aliphatic heterocycles. The molecule has 136 valence electrons. The van der Waals surface area contributed by atoms with Crippen molar-refractivity contribution in [3.05, 3.63) is 34.9 Å². The minimum atomic E-state index is -0.524. The van der Waals surface area contributed by atoms with Crippen LogP contribution >= 0.6 is 11.6 Å². The number of piperazine rings is 1. The molecule has 0 spiro atoms. The molecule has 0 bridgehead atoms. The van der Waals surface area contributed by atoms with Crippen molar-refractivity contribution in [1.29, 1.82) is 0 Å². The minimum Gasteiger partial charge on any atom is -0.347 e. The average Bonchev–Trinajstić information content (AvgIpc) is 2.58. The van der Waals surface area contributed by atoms with Crippen LogP contribution < -0.4 is 5.32 Å². The number of carbonyl (C=O) groups is 3. The second-order valence-electron chi connectivity index (χ2n) is 7.11. The lowest BCUT2D eigenvalue weighted by molar-refractivity contribution is -0.136. The van der Waals surface area contributed by atoms with E-state index in [0.717, 1.165) is 0 Å². The molecule has 1 aliphatic rings. The zero-order valence-electron chi connectivity index (χ0n) is 14.8. The second-order valence-corrected chi connectivity index (χ2v) is 7.55. The molecule has 0 saturated carbocycles. The molecule has 3 amide bonds.